The lowest BCUT2D eigenvalue weighted by atomic mass is 10.1. The van der Waals surface area contributed by atoms with E-state index in [9.17, 15) is 5.26 Å². The molecule has 0 bridgehead atoms. The van der Waals surface area contributed by atoms with Gasteiger partial charge >= 0.3 is 0 Å². The second-order valence-corrected chi connectivity index (χ2v) is 6.11. The first-order valence-corrected chi connectivity index (χ1v) is 8.32. The third kappa shape index (κ3) is 4.29. The van der Waals surface area contributed by atoms with Gasteiger partial charge in [0.25, 0.3) is 0 Å². The molecule has 130 valence electrons. The molecule has 0 unspecified atom stereocenters. The van der Waals surface area contributed by atoms with Crippen LogP contribution in [0, 0.1) is 25.2 Å². The van der Waals surface area contributed by atoms with Crippen LogP contribution in [0.1, 0.15) is 22.3 Å². The summed E-state index contributed by atoms with van der Waals surface area (Å²) in [6, 6.07) is 15.2. The van der Waals surface area contributed by atoms with Crippen LogP contribution in [0.3, 0.4) is 0 Å². The van der Waals surface area contributed by atoms with E-state index in [-0.39, 0.29) is 11.9 Å². The van der Waals surface area contributed by atoms with Crippen molar-refractivity contribution in [2.75, 3.05) is 0 Å². The van der Waals surface area contributed by atoms with Gasteiger partial charge in [0.1, 0.15) is 24.2 Å². The minimum atomic E-state index is 0.130. The summed E-state index contributed by atoms with van der Waals surface area (Å²) in [7, 11) is 0. The Bertz CT molecular complexity index is 983. The first kappa shape index (κ1) is 17.7. The van der Waals surface area contributed by atoms with Crippen molar-refractivity contribution in [3.05, 3.63) is 76.2 Å². The molecule has 0 spiro atoms. The van der Waals surface area contributed by atoms with Crippen LogP contribution in [0.15, 0.2) is 48.7 Å². The topological polar surface area (TPSA) is 68.0 Å². The molecule has 0 atom stereocenters. The van der Waals surface area contributed by atoms with Gasteiger partial charge in [-0.25, -0.2) is 4.98 Å². The normalized spacial score (nSPS) is 10.2. The molecule has 0 fully saturated rings. The van der Waals surface area contributed by atoms with Crippen molar-refractivity contribution in [3.8, 4) is 23.4 Å². The molecule has 0 amide bonds. The van der Waals surface area contributed by atoms with E-state index in [0.717, 1.165) is 16.7 Å². The molecule has 3 aromatic rings. The molecule has 0 radical (unpaired) electrons. The minimum Gasteiger partial charge on any atom is -0.472 e. The molecule has 0 saturated heterocycles. The van der Waals surface area contributed by atoms with Gasteiger partial charge in [-0.3, -0.25) is 0 Å². The van der Waals surface area contributed by atoms with Crippen LogP contribution < -0.4 is 9.47 Å². The lowest BCUT2D eigenvalue weighted by molar-refractivity contribution is 0.291. The molecular formula is C20H16ClN3O2. The fraction of sp³-hybridized carbons (Fsp3) is 0.150. The zero-order chi connectivity index (χ0) is 18.5. The molecular weight excluding hydrogens is 350 g/mol. The van der Waals surface area contributed by atoms with E-state index in [0.29, 0.717) is 22.9 Å². The van der Waals surface area contributed by atoms with Gasteiger partial charge in [-0.1, -0.05) is 18.2 Å². The highest BCUT2D eigenvalue weighted by atomic mass is 35.5. The highest BCUT2D eigenvalue weighted by molar-refractivity contribution is 6.28. The number of aryl methyl sites for hydroxylation is 2. The number of halogens is 1. The third-order valence-electron chi connectivity index (χ3n) is 3.65. The average molecular weight is 366 g/mol. The van der Waals surface area contributed by atoms with Gasteiger partial charge in [-0.15, -0.1) is 0 Å². The number of hydrogen-bond donors (Lipinski definition) is 0. The second kappa shape index (κ2) is 7.85. The van der Waals surface area contributed by atoms with E-state index in [1.165, 1.54) is 0 Å². The Balaban J connectivity index is 1.76. The highest BCUT2D eigenvalue weighted by Crippen LogP contribution is 2.27. The van der Waals surface area contributed by atoms with E-state index in [1.54, 1.807) is 18.3 Å². The number of aromatic nitrogens is 2. The van der Waals surface area contributed by atoms with Crippen LogP contribution in [0.2, 0.25) is 5.28 Å². The summed E-state index contributed by atoms with van der Waals surface area (Å²) in [4.78, 5) is 7.95. The quantitative estimate of drug-likeness (QED) is 0.596. The second-order valence-electron chi connectivity index (χ2n) is 5.78. The Hall–Kier alpha value is -3.10. The fourth-order valence-electron chi connectivity index (χ4n) is 2.35. The van der Waals surface area contributed by atoms with Gasteiger partial charge in [-0.05, 0) is 60.8 Å². The largest absolute Gasteiger partial charge is 0.472 e. The Kier molecular flexibility index (Phi) is 5.35. The monoisotopic (exact) mass is 365 g/mol. The highest BCUT2D eigenvalue weighted by Gasteiger charge is 2.09. The van der Waals surface area contributed by atoms with Gasteiger partial charge < -0.3 is 9.47 Å². The van der Waals surface area contributed by atoms with Crippen LogP contribution in [0.4, 0.5) is 0 Å². The first-order chi connectivity index (χ1) is 12.5. The average Bonchev–Trinajstić information content (AvgIpc) is 2.63. The van der Waals surface area contributed by atoms with E-state index in [4.69, 9.17) is 21.1 Å². The molecule has 0 aliphatic carbocycles. The standard InChI is InChI=1S/C20H16ClN3O2/c1-13-4-3-5-17(8-13)26-18-7-6-15(9-16(18)10-22)12-25-19-14(2)11-23-20(21)24-19/h3-9,11H,12H2,1-2H3. The number of ether oxygens (including phenoxy) is 2. The molecule has 0 saturated carbocycles. The Morgan fingerprint density at radius 1 is 1.15 bits per heavy atom. The molecule has 0 N–H and O–H groups in total. The maximum atomic E-state index is 9.43. The van der Waals surface area contributed by atoms with Gasteiger partial charge in [0.2, 0.25) is 11.2 Å². The number of nitriles is 1. The van der Waals surface area contributed by atoms with E-state index >= 15 is 0 Å². The van der Waals surface area contributed by atoms with E-state index in [2.05, 4.69) is 16.0 Å². The molecule has 0 aliphatic heterocycles. The number of nitrogens with zero attached hydrogens (tertiary/aromatic N) is 3. The summed E-state index contributed by atoms with van der Waals surface area (Å²) in [6.45, 7) is 4.08. The first-order valence-electron chi connectivity index (χ1n) is 7.94. The van der Waals surface area contributed by atoms with Gasteiger partial charge in [-0.2, -0.15) is 10.2 Å². The summed E-state index contributed by atoms with van der Waals surface area (Å²) in [6.07, 6.45) is 1.60. The zero-order valence-corrected chi connectivity index (χ0v) is 15.1. The SMILES string of the molecule is Cc1cccc(Oc2ccc(COc3nc(Cl)ncc3C)cc2C#N)c1. The molecule has 0 aliphatic rings. The van der Waals surface area contributed by atoms with Crippen molar-refractivity contribution in [1.29, 1.82) is 5.26 Å². The van der Waals surface area contributed by atoms with Gasteiger partial charge in [0.05, 0.1) is 5.56 Å². The predicted molar refractivity (Wildman–Crippen MR) is 98.5 cm³/mol. The van der Waals surface area contributed by atoms with Crippen molar-refractivity contribution < 1.29 is 9.47 Å². The lowest BCUT2D eigenvalue weighted by Crippen LogP contribution is -2.01. The van der Waals surface area contributed by atoms with Crippen LogP contribution in [0.5, 0.6) is 17.4 Å². The summed E-state index contributed by atoms with van der Waals surface area (Å²) >= 11 is 5.79. The summed E-state index contributed by atoms with van der Waals surface area (Å²) < 4.78 is 11.5. The van der Waals surface area contributed by atoms with E-state index in [1.807, 2.05) is 44.2 Å². The molecule has 1 heterocycles. The molecule has 1 aromatic heterocycles. The van der Waals surface area contributed by atoms with Crippen molar-refractivity contribution in [1.82, 2.24) is 9.97 Å². The zero-order valence-electron chi connectivity index (χ0n) is 14.4. The van der Waals surface area contributed by atoms with Crippen molar-refractivity contribution in [2.45, 2.75) is 20.5 Å². The maximum absolute atomic E-state index is 9.43. The summed E-state index contributed by atoms with van der Waals surface area (Å²) in [5, 5.41) is 9.56. The number of benzene rings is 2. The summed E-state index contributed by atoms with van der Waals surface area (Å²) in [5.41, 5.74) is 3.14. The van der Waals surface area contributed by atoms with E-state index < -0.39 is 0 Å². The molecule has 26 heavy (non-hydrogen) atoms. The smallest absolute Gasteiger partial charge is 0.225 e. The van der Waals surface area contributed by atoms with Crippen LogP contribution in [-0.4, -0.2) is 9.97 Å². The molecule has 5 nitrogen and oxygen atoms in total. The Labute approximate surface area is 156 Å². The maximum Gasteiger partial charge on any atom is 0.225 e. The summed E-state index contributed by atoms with van der Waals surface area (Å²) in [5.74, 6) is 1.61. The molecule has 2 aromatic carbocycles. The molecule has 3 rings (SSSR count). The number of rotatable bonds is 5. The van der Waals surface area contributed by atoms with Crippen LogP contribution >= 0.6 is 11.6 Å². The predicted octanol–water partition coefficient (Wildman–Crippen LogP) is 4.99. The van der Waals surface area contributed by atoms with Crippen molar-refractivity contribution in [2.24, 2.45) is 0 Å². The van der Waals surface area contributed by atoms with Crippen molar-refractivity contribution >= 4 is 11.6 Å². The van der Waals surface area contributed by atoms with Crippen LogP contribution in [-0.2, 0) is 6.61 Å². The van der Waals surface area contributed by atoms with Gasteiger partial charge in [0, 0.05) is 11.8 Å². The Morgan fingerprint density at radius 2 is 2.00 bits per heavy atom. The van der Waals surface area contributed by atoms with Crippen LogP contribution in [0.25, 0.3) is 0 Å². The number of hydrogen-bond acceptors (Lipinski definition) is 5. The lowest BCUT2D eigenvalue weighted by Gasteiger charge is -2.11. The van der Waals surface area contributed by atoms with Crippen molar-refractivity contribution in [3.63, 3.8) is 0 Å². The third-order valence-corrected chi connectivity index (χ3v) is 3.84. The Morgan fingerprint density at radius 3 is 2.77 bits per heavy atom. The minimum absolute atomic E-state index is 0.130. The fourth-order valence-corrected chi connectivity index (χ4v) is 2.48. The molecule has 6 heteroatoms. The van der Waals surface area contributed by atoms with Gasteiger partial charge in [0.15, 0.2) is 0 Å².